The number of aryl methyl sites for hydroxylation is 1. The molecule has 0 saturated carbocycles. The molecule has 1 fully saturated rings. The SMILES string of the molecule is CCN(CC)S(=O)(=O)c1cccc(C(=O)NCC(=O)NC2CC(C)N(c3cnn(C)c3)C2=O)c1. The lowest BCUT2D eigenvalue weighted by Gasteiger charge is -2.19. The maximum absolute atomic E-state index is 12.8. The lowest BCUT2D eigenvalue weighted by Crippen LogP contribution is -2.45. The van der Waals surface area contributed by atoms with Gasteiger partial charge in [0.05, 0.1) is 23.3 Å². The van der Waals surface area contributed by atoms with Crippen LogP contribution in [0.1, 0.15) is 37.6 Å². The number of rotatable bonds is 9. The first-order valence-electron chi connectivity index (χ1n) is 11.1. The van der Waals surface area contributed by atoms with Gasteiger partial charge in [-0.15, -0.1) is 0 Å². The molecule has 0 spiro atoms. The van der Waals surface area contributed by atoms with E-state index in [2.05, 4.69) is 15.7 Å². The lowest BCUT2D eigenvalue weighted by atomic mass is 10.2. The van der Waals surface area contributed by atoms with E-state index in [1.54, 1.807) is 42.9 Å². The van der Waals surface area contributed by atoms with Crippen molar-refractivity contribution in [2.24, 2.45) is 7.05 Å². The Labute approximate surface area is 199 Å². The second-order valence-electron chi connectivity index (χ2n) is 8.09. The van der Waals surface area contributed by atoms with Gasteiger partial charge in [0, 0.05) is 37.9 Å². The minimum Gasteiger partial charge on any atom is -0.343 e. The van der Waals surface area contributed by atoms with Crippen LogP contribution in [0.25, 0.3) is 0 Å². The van der Waals surface area contributed by atoms with Gasteiger partial charge in [-0.1, -0.05) is 19.9 Å². The third-order valence-electron chi connectivity index (χ3n) is 5.71. The van der Waals surface area contributed by atoms with E-state index in [9.17, 15) is 22.8 Å². The minimum atomic E-state index is -3.72. The molecular formula is C22H30N6O5S. The number of aromatic nitrogens is 2. The Balaban J connectivity index is 1.59. The van der Waals surface area contributed by atoms with E-state index in [0.29, 0.717) is 25.2 Å². The van der Waals surface area contributed by atoms with Crippen molar-refractivity contribution in [3.63, 3.8) is 0 Å². The highest BCUT2D eigenvalue weighted by Crippen LogP contribution is 2.26. The number of carbonyl (C=O) groups is 3. The Bertz CT molecular complexity index is 1170. The Morgan fingerprint density at radius 3 is 2.56 bits per heavy atom. The lowest BCUT2D eigenvalue weighted by molar-refractivity contribution is -0.125. The van der Waals surface area contributed by atoms with Crippen molar-refractivity contribution in [2.75, 3.05) is 24.5 Å². The van der Waals surface area contributed by atoms with E-state index in [0.717, 1.165) is 0 Å². The van der Waals surface area contributed by atoms with Crippen LogP contribution in [-0.4, -0.2) is 71.9 Å². The molecule has 2 atom stereocenters. The average molecular weight is 491 g/mol. The summed E-state index contributed by atoms with van der Waals surface area (Å²) in [6.07, 6.45) is 3.75. The van der Waals surface area contributed by atoms with E-state index in [4.69, 9.17) is 0 Å². The number of amides is 3. The topological polar surface area (TPSA) is 134 Å². The molecule has 184 valence electrons. The Morgan fingerprint density at radius 2 is 1.94 bits per heavy atom. The summed E-state index contributed by atoms with van der Waals surface area (Å²) in [7, 11) is -1.96. The van der Waals surface area contributed by atoms with E-state index in [1.807, 2.05) is 6.92 Å². The van der Waals surface area contributed by atoms with Crippen molar-refractivity contribution in [3.8, 4) is 0 Å². The van der Waals surface area contributed by atoms with Crippen LogP contribution in [0, 0.1) is 0 Å². The van der Waals surface area contributed by atoms with E-state index in [1.165, 1.54) is 28.6 Å². The number of sulfonamides is 1. The predicted molar refractivity (Wildman–Crippen MR) is 126 cm³/mol. The molecule has 0 aliphatic carbocycles. The van der Waals surface area contributed by atoms with Gasteiger partial charge in [-0.05, 0) is 31.5 Å². The number of carbonyl (C=O) groups excluding carboxylic acids is 3. The number of nitrogens with one attached hydrogen (secondary N) is 2. The van der Waals surface area contributed by atoms with Gasteiger partial charge < -0.3 is 15.5 Å². The van der Waals surface area contributed by atoms with Crippen LogP contribution in [0.5, 0.6) is 0 Å². The molecule has 2 unspecified atom stereocenters. The first-order valence-corrected chi connectivity index (χ1v) is 12.5. The molecule has 1 aliphatic heterocycles. The molecule has 1 saturated heterocycles. The van der Waals surface area contributed by atoms with Crippen LogP contribution >= 0.6 is 0 Å². The van der Waals surface area contributed by atoms with Crippen LogP contribution in [0.4, 0.5) is 5.69 Å². The summed E-state index contributed by atoms with van der Waals surface area (Å²) in [6.45, 7) is 5.64. The van der Waals surface area contributed by atoms with Gasteiger partial charge in [0.15, 0.2) is 0 Å². The summed E-state index contributed by atoms with van der Waals surface area (Å²) in [5.74, 6) is -1.34. The molecule has 1 aromatic carbocycles. The Kier molecular flexibility index (Phi) is 7.72. The maximum atomic E-state index is 12.8. The Hall–Kier alpha value is -3.25. The van der Waals surface area contributed by atoms with Crippen molar-refractivity contribution in [1.29, 1.82) is 0 Å². The van der Waals surface area contributed by atoms with Gasteiger partial charge in [-0.2, -0.15) is 9.40 Å². The number of anilines is 1. The van der Waals surface area contributed by atoms with Gasteiger partial charge in [0.1, 0.15) is 6.04 Å². The quantitative estimate of drug-likeness (QED) is 0.526. The van der Waals surface area contributed by atoms with Gasteiger partial charge in [0.2, 0.25) is 21.8 Å². The molecule has 2 heterocycles. The highest BCUT2D eigenvalue weighted by molar-refractivity contribution is 7.89. The molecule has 11 nitrogen and oxygen atoms in total. The smallest absolute Gasteiger partial charge is 0.251 e. The summed E-state index contributed by atoms with van der Waals surface area (Å²) in [5.41, 5.74) is 0.777. The maximum Gasteiger partial charge on any atom is 0.251 e. The molecular weight excluding hydrogens is 460 g/mol. The molecule has 12 heteroatoms. The fourth-order valence-corrected chi connectivity index (χ4v) is 5.49. The zero-order valence-electron chi connectivity index (χ0n) is 19.7. The standard InChI is InChI=1S/C22H30N6O5S/c1-5-27(6-2)34(32,33)18-9-7-8-16(11-18)21(30)23-13-20(29)25-19-10-15(3)28(22(19)31)17-12-24-26(4)14-17/h7-9,11-12,14-15,19H,5-6,10,13H2,1-4H3,(H,23,30)(H,25,29). The third kappa shape index (κ3) is 5.28. The molecule has 1 aliphatic rings. The largest absolute Gasteiger partial charge is 0.343 e. The van der Waals surface area contributed by atoms with Crippen molar-refractivity contribution in [2.45, 2.75) is 44.2 Å². The van der Waals surface area contributed by atoms with E-state index >= 15 is 0 Å². The molecule has 0 bridgehead atoms. The third-order valence-corrected chi connectivity index (χ3v) is 7.75. The summed E-state index contributed by atoms with van der Waals surface area (Å²) in [6, 6.07) is 4.85. The molecule has 2 N–H and O–H groups in total. The first kappa shape index (κ1) is 25.4. The minimum absolute atomic E-state index is 0.00864. The van der Waals surface area contributed by atoms with Crippen LogP contribution in [0.15, 0.2) is 41.6 Å². The summed E-state index contributed by atoms with van der Waals surface area (Å²) < 4.78 is 28.3. The fourth-order valence-electron chi connectivity index (χ4n) is 3.99. The zero-order chi connectivity index (χ0) is 25.0. The monoisotopic (exact) mass is 490 g/mol. The molecule has 3 rings (SSSR count). The molecule has 2 aromatic rings. The number of hydrogen-bond donors (Lipinski definition) is 2. The molecule has 1 aromatic heterocycles. The van der Waals surface area contributed by atoms with Crippen molar-refractivity contribution in [3.05, 3.63) is 42.2 Å². The summed E-state index contributed by atoms with van der Waals surface area (Å²) in [5, 5.41) is 9.23. The fraction of sp³-hybridized carbons (Fsp3) is 0.455. The van der Waals surface area contributed by atoms with Gasteiger partial charge in [-0.3, -0.25) is 19.1 Å². The average Bonchev–Trinajstić information content (AvgIpc) is 3.34. The van der Waals surface area contributed by atoms with Crippen molar-refractivity contribution in [1.82, 2.24) is 24.7 Å². The second kappa shape index (κ2) is 10.3. The summed E-state index contributed by atoms with van der Waals surface area (Å²) >= 11 is 0. The highest BCUT2D eigenvalue weighted by atomic mass is 32.2. The van der Waals surface area contributed by atoms with Gasteiger partial charge >= 0.3 is 0 Å². The van der Waals surface area contributed by atoms with Crippen LogP contribution in [0.2, 0.25) is 0 Å². The first-order chi connectivity index (χ1) is 16.1. The van der Waals surface area contributed by atoms with Crippen LogP contribution < -0.4 is 15.5 Å². The molecule has 34 heavy (non-hydrogen) atoms. The van der Waals surface area contributed by atoms with Crippen molar-refractivity contribution < 1.29 is 22.8 Å². The van der Waals surface area contributed by atoms with Crippen LogP contribution in [0.3, 0.4) is 0 Å². The highest BCUT2D eigenvalue weighted by Gasteiger charge is 2.39. The normalized spacial score (nSPS) is 18.4. The van der Waals surface area contributed by atoms with E-state index < -0.39 is 27.9 Å². The second-order valence-corrected chi connectivity index (χ2v) is 10.0. The molecule has 0 radical (unpaired) electrons. The zero-order valence-corrected chi connectivity index (χ0v) is 20.5. The van der Waals surface area contributed by atoms with Crippen molar-refractivity contribution >= 4 is 33.4 Å². The van der Waals surface area contributed by atoms with Gasteiger partial charge in [-0.25, -0.2) is 8.42 Å². The van der Waals surface area contributed by atoms with E-state index in [-0.39, 0.29) is 29.0 Å². The number of benzene rings is 1. The molecule has 3 amide bonds. The Morgan fingerprint density at radius 1 is 1.24 bits per heavy atom. The number of nitrogens with zero attached hydrogens (tertiary/aromatic N) is 4. The van der Waals surface area contributed by atoms with Gasteiger partial charge in [0.25, 0.3) is 5.91 Å². The summed E-state index contributed by atoms with van der Waals surface area (Å²) in [4.78, 5) is 39.3. The predicted octanol–water partition coefficient (Wildman–Crippen LogP) is 0.491. The van der Waals surface area contributed by atoms with Crippen LogP contribution in [-0.2, 0) is 26.7 Å². The number of hydrogen-bond acceptors (Lipinski definition) is 6.